The first-order valence-corrected chi connectivity index (χ1v) is 12.2. The molecule has 28 heavy (non-hydrogen) atoms. The SMILES string of the molecule is CCCO[C@@H]1CC[C@@]2(C)[C@@H](CC(=O)[C@@H]3[C@H]2CC[C@]2(C)[C@@H](OCCC)CC[C@H]32)C1. The second-order valence-electron chi connectivity index (χ2n) is 10.9. The molecule has 160 valence electrons. The fourth-order valence-electron chi connectivity index (χ4n) is 7.81. The molecule has 0 aromatic carbocycles. The highest BCUT2D eigenvalue weighted by atomic mass is 16.5. The summed E-state index contributed by atoms with van der Waals surface area (Å²) in [4.78, 5) is 13.5. The number of ether oxygens (including phenoxy) is 2. The summed E-state index contributed by atoms with van der Waals surface area (Å²) in [5.74, 6) is 2.55. The van der Waals surface area contributed by atoms with E-state index < -0.39 is 0 Å². The molecule has 0 heterocycles. The third kappa shape index (κ3) is 3.29. The van der Waals surface area contributed by atoms with Crippen LogP contribution < -0.4 is 0 Å². The zero-order valence-electron chi connectivity index (χ0n) is 18.7. The van der Waals surface area contributed by atoms with Crippen molar-refractivity contribution in [2.45, 2.75) is 104 Å². The van der Waals surface area contributed by atoms with Crippen LogP contribution in [0.3, 0.4) is 0 Å². The second-order valence-corrected chi connectivity index (χ2v) is 10.9. The molecule has 8 atom stereocenters. The normalized spacial score (nSPS) is 48.1. The Morgan fingerprint density at radius 1 is 0.893 bits per heavy atom. The first-order chi connectivity index (χ1) is 13.4. The molecule has 0 N–H and O–H groups in total. The molecule has 3 heteroatoms. The van der Waals surface area contributed by atoms with E-state index >= 15 is 0 Å². The maximum Gasteiger partial charge on any atom is 0.136 e. The van der Waals surface area contributed by atoms with E-state index in [9.17, 15) is 4.79 Å². The number of hydrogen-bond acceptors (Lipinski definition) is 3. The fourth-order valence-corrected chi connectivity index (χ4v) is 7.81. The van der Waals surface area contributed by atoms with Crippen LogP contribution in [0.1, 0.15) is 91.9 Å². The molecule has 4 saturated carbocycles. The Morgan fingerprint density at radius 2 is 1.57 bits per heavy atom. The molecular formula is C25H42O3. The van der Waals surface area contributed by atoms with Gasteiger partial charge in [0.1, 0.15) is 5.78 Å². The van der Waals surface area contributed by atoms with Crippen LogP contribution >= 0.6 is 0 Å². The summed E-state index contributed by atoms with van der Waals surface area (Å²) in [5, 5.41) is 0. The standard InChI is InChI=1S/C25H42O3/c1-5-13-27-18-9-11-24(3)17(15-18)16-21(26)23-19-7-8-22(28-14-6-2)25(19,4)12-10-20(23)24/h17-20,22-23H,5-16H2,1-4H3/t17-,18-,19-,20-,22+,23+,24+,25+/m1/s1. The molecule has 4 rings (SSSR count). The number of rotatable bonds is 6. The Hall–Kier alpha value is -0.410. The van der Waals surface area contributed by atoms with Gasteiger partial charge in [-0.25, -0.2) is 0 Å². The van der Waals surface area contributed by atoms with Crippen LogP contribution in [0.5, 0.6) is 0 Å². The van der Waals surface area contributed by atoms with E-state index in [4.69, 9.17) is 9.47 Å². The van der Waals surface area contributed by atoms with Crippen molar-refractivity contribution in [3.8, 4) is 0 Å². The van der Waals surface area contributed by atoms with Gasteiger partial charge in [0.15, 0.2) is 0 Å². The molecule has 3 nitrogen and oxygen atoms in total. The lowest BCUT2D eigenvalue weighted by Gasteiger charge is -2.60. The van der Waals surface area contributed by atoms with Crippen molar-refractivity contribution in [2.24, 2.45) is 34.5 Å². The lowest BCUT2D eigenvalue weighted by molar-refractivity contribution is -0.166. The molecule has 0 saturated heterocycles. The van der Waals surface area contributed by atoms with Gasteiger partial charge in [-0.05, 0) is 86.4 Å². The minimum Gasteiger partial charge on any atom is -0.378 e. The molecule has 4 aliphatic rings. The largest absolute Gasteiger partial charge is 0.378 e. The van der Waals surface area contributed by atoms with Gasteiger partial charge in [-0.15, -0.1) is 0 Å². The second kappa shape index (κ2) is 8.02. The van der Waals surface area contributed by atoms with Crippen molar-refractivity contribution in [2.75, 3.05) is 13.2 Å². The van der Waals surface area contributed by atoms with E-state index in [1.807, 2.05) is 0 Å². The predicted molar refractivity (Wildman–Crippen MR) is 112 cm³/mol. The zero-order chi connectivity index (χ0) is 19.9. The highest BCUT2D eigenvalue weighted by molar-refractivity contribution is 5.83. The summed E-state index contributed by atoms with van der Waals surface area (Å²) in [6.07, 6.45) is 12.1. The van der Waals surface area contributed by atoms with Crippen molar-refractivity contribution in [3.63, 3.8) is 0 Å². The van der Waals surface area contributed by atoms with Crippen LogP contribution in [0.2, 0.25) is 0 Å². The molecule has 0 aromatic rings. The maximum absolute atomic E-state index is 13.5. The van der Waals surface area contributed by atoms with Gasteiger partial charge in [0.2, 0.25) is 0 Å². The number of carbonyl (C=O) groups excluding carboxylic acids is 1. The van der Waals surface area contributed by atoms with Crippen molar-refractivity contribution < 1.29 is 14.3 Å². The van der Waals surface area contributed by atoms with Crippen LogP contribution in [0.4, 0.5) is 0 Å². The van der Waals surface area contributed by atoms with E-state index in [1.165, 1.54) is 32.1 Å². The lowest BCUT2D eigenvalue weighted by Crippen LogP contribution is -2.57. The Kier molecular flexibility index (Phi) is 5.97. The molecule has 4 fully saturated rings. The van der Waals surface area contributed by atoms with E-state index in [2.05, 4.69) is 27.7 Å². The number of fused-ring (bicyclic) bond motifs is 5. The van der Waals surface area contributed by atoms with E-state index in [0.29, 0.717) is 47.1 Å². The molecule has 0 bridgehead atoms. The van der Waals surface area contributed by atoms with Gasteiger partial charge >= 0.3 is 0 Å². The summed E-state index contributed by atoms with van der Waals surface area (Å²) in [7, 11) is 0. The van der Waals surface area contributed by atoms with Gasteiger partial charge < -0.3 is 9.47 Å². The van der Waals surface area contributed by atoms with Crippen LogP contribution in [0.15, 0.2) is 0 Å². The van der Waals surface area contributed by atoms with Gasteiger partial charge in [-0.2, -0.15) is 0 Å². The number of ketones is 1. The Balaban J connectivity index is 1.52. The van der Waals surface area contributed by atoms with E-state index in [1.54, 1.807) is 0 Å². The van der Waals surface area contributed by atoms with Gasteiger partial charge in [-0.1, -0.05) is 27.7 Å². The van der Waals surface area contributed by atoms with Crippen LogP contribution in [0.25, 0.3) is 0 Å². The third-order valence-electron chi connectivity index (χ3n) is 9.42. The molecule has 0 radical (unpaired) electrons. The summed E-state index contributed by atoms with van der Waals surface area (Å²) in [6, 6.07) is 0. The highest BCUT2D eigenvalue weighted by Gasteiger charge is 2.63. The van der Waals surface area contributed by atoms with Crippen LogP contribution in [-0.4, -0.2) is 31.2 Å². The minimum absolute atomic E-state index is 0.219. The Bertz CT molecular complexity index is 574. The van der Waals surface area contributed by atoms with E-state index in [-0.39, 0.29) is 5.41 Å². The number of hydrogen-bond donors (Lipinski definition) is 0. The van der Waals surface area contributed by atoms with Gasteiger partial charge in [0.25, 0.3) is 0 Å². The van der Waals surface area contributed by atoms with Gasteiger partial charge in [0.05, 0.1) is 12.2 Å². The maximum atomic E-state index is 13.5. The van der Waals surface area contributed by atoms with Crippen molar-refractivity contribution in [3.05, 3.63) is 0 Å². The summed E-state index contributed by atoms with van der Waals surface area (Å²) < 4.78 is 12.4. The van der Waals surface area contributed by atoms with Crippen molar-refractivity contribution in [1.82, 2.24) is 0 Å². The summed E-state index contributed by atoms with van der Waals surface area (Å²) in [5.41, 5.74) is 0.560. The molecule has 0 aliphatic heterocycles. The summed E-state index contributed by atoms with van der Waals surface area (Å²) in [6.45, 7) is 11.1. The quantitative estimate of drug-likeness (QED) is 0.575. The fraction of sp³-hybridized carbons (Fsp3) is 0.960. The predicted octanol–water partition coefficient (Wildman–Crippen LogP) is 5.80. The topological polar surface area (TPSA) is 35.5 Å². The molecule has 0 aromatic heterocycles. The molecular weight excluding hydrogens is 348 g/mol. The molecule has 0 spiro atoms. The summed E-state index contributed by atoms with van der Waals surface area (Å²) >= 11 is 0. The van der Waals surface area contributed by atoms with Crippen molar-refractivity contribution in [1.29, 1.82) is 0 Å². The van der Waals surface area contributed by atoms with Gasteiger partial charge in [-0.3, -0.25) is 4.79 Å². The number of carbonyl (C=O) groups is 1. The average Bonchev–Trinajstić information content (AvgIpc) is 3.01. The highest BCUT2D eigenvalue weighted by Crippen LogP contribution is 2.65. The third-order valence-corrected chi connectivity index (χ3v) is 9.42. The minimum atomic E-state index is 0.219. The lowest BCUT2D eigenvalue weighted by atomic mass is 9.45. The number of Topliss-reactive ketones (excluding diaryl/α,β-unsaturated/α-hetero) is 1. The van der Waals surface area contributed by atoms with E-state index in [0.717, 1.165) is 45.3 Å². The van der Waals surface area contributed by atoms with Crippen LogP contribution in [-0.2, 0) is 14.3 Å². The Labute approximate surface area is 172 Å². The molecule has 0 unspecified atom stereocenters. The first-order valence-electron chi connectivity index (χ1n) is 12.2. The first kappa shape index (κ1) is 20.8. The zero-order valence-corrected chi connectivity index (χ0v) is 18.7. The average molecular weight is 391 g/mol. The van der Waals surface area contributed by atoms with Crippen molar-refractivity contribution >= 4 is 5.78 Å². The smallest absolute Gasteiger partial charge is 0.136 e. The molecule has 0 amide bonds. The molecule has 4 aliphatic carbocycles. The monoisotopic (exact) mass is 390 g/mol. The Morgan fingerprint density at radius 3 is 2.32 bits per heavy atom. The van der Waals surface area contributed by atoms with Gasteiger partial charge in [0, 0.05) is 25.6 Å². The van der Waals surface area contributed by atoms with Crippen LogP contribution in [0, 0.1) is 34.5 Å².